The highest BCUT2D eigenvalue weighted by atomic mass is 19.1. The molecule has 2 aromatic rings. The second kappa shape index (κ2) is 6.01. The SMILES string of the molecule is COc1cccc(COc2ccc([N+](=O)[O-])cc2F)c1. The Labute approximate surface area is 114 Å². The number of ether oxygens (including phenoxy) is 2. The van der Waals surface area contributed by atoms with Crippen molar-refractivity contribution in [1.29, 1.82) is 0 Å². The number of methoxy groups -OCH3 is 1. The summed E-state index contributed by atoms with van der Waals surface area (Å²) in [6.45, 7) is 0.145. The van der Waals surface area contributed by atoms with E-state index >= 15 is 0 Å². The molecular formula is C14H12FNO4. The molecule has 104 valence electrons. The molecule has 0 aliphatic carbocycles. The van der Waals surface area contributed by atoms with E-state index in [1.54, 1.807) is 25.3 Å². The fourth-order valence-corrected chi connectivity index (χ4v) is 1.64. The molecule has 0 bridgehead atoms. The first-order valence-electron chi connectivity index (χ1n) is 5.80. The quantitative estimate of drug-likeness (QED) is 0.621. The molecule has 0 aromatic heterocycles. The van der Waals surface area contributed by atoms with Gasteiger partial charge in [0.1, 0.15) is 12.4 Å². The Morgan fingerprint density at radius 3 is 2.70 bits per heavy atom. The van der Waals surface area contributed by atoms with E-state index in [1.165, 1.54) is 12.1 Å². The van der Waals surface area contributed by atoms with Gasteiger partial charge in [-0.05, 0) is 23.8 Å². The van der Waals surface area contributed by atoms with Crippen molar-refractivity contribution in [3.8, 4) is 11.5 Å². The predicted octanol–water partition coefficient (Wildman–Crippen LogP) is 3.32. The number of rotatable bonds is 5. The fraction of sp³-hybridized carbons (Fsp3) is 0.143. The van der Waals surface area contributed by atoms with E-state index in [2.05, 4.69) is 0 Å². The van der Waals surface area contributed by atoms with Crippen molar-refractivity contribution in [3.05, 3.63) is 64.0 Å². The minimum Gasteiger partial charge on any atom is -0.497 e. The molecule has 2 aromatic carbocycles. The smallest absolute Gasteiger partial charge is 0.272 e. The Bertz CT molecular complexity index is 630. The Balaban J connectivity index is 2.08. The minimum absolute atomic E-state index is 0.0292. The summed E-state index contributed by atoms with van der Waals surface area (Å²) in [5.74, 6) is -0.115. The average Bonchev–Trinajstić information content (AvgIpc) is 2.46. The van der Waals surface area contributed by atoms with Crippen LogP contribution in [0.4, 0.5) is 10.1 Å². The molecule has 0 saturated carbocycles. The van der Waals surface area contributed by atoms with E-state index in [0.29, 0.717) is 5.75 Å². The zero-order chi connectivity index (χ0) is 14.5. The zero-order valence-corrected chi connectivity index (χ0v) is 10.7. The lowest BCUT2D eigenvalue weighted by atomic mass is 10.2. The molecule has 0 amide bonds. The molecule has 0 atom stereocenters. The summed E-state index contributed by atoms with van der Waals surface area (Å²) in [4.78, 5) is 9.84. The van der Waals surface area contributed by atoms with Crippen LogP contribution in [0.5, 0.6) is 11.5 Å². The van der Waals surface area contributed by atoms with Crippen molar-refractivity contribution in [2.75, 3.05) is 7.11 Å². The Morgan fingerprint density at radius 2 is 2.05 bits per heavy atom. The molecule has 6 heteroatoms. The summed E-state index contributed by atoms with van der Waals surface area (Å²) in [5.41, 5.74) is 0.498. The van der Waals surface area contributed by atoms with Gasteiger partial charge in [-0.2, -0.15) is 0 Å². The summed E-state index contributed by atoms with van der Waals surface area (Å²) in [6.07, 6.45) is 0. The van der Waals surface area contributed by atoms with Gasteiger partial charge in [0.05, 0.1) is 18.1 Å². The number of hydrogen-bond acceptors (Lipinski definition) is 4. The molecule has 0 spiro atoms. The van der Waals surface area contributed by atoms with Crippen molar-refractivity contribution in [3.63, 3.8) is 0 Å². The van der Waals surface area contributed by atoms with Crippen LogP contribution in [0.1, 0.15) is 5.56 Å². The minimum atomic E-state index is -0.762. The predicted molar refractivity (Wildman–Crippen MR) is 70.4 cm³/mol. The van der Waals surface area contributed by atoms with Crippen molar-refractivity contribution in [1.82, 2.24) is 0 Å². The van der Waals surface area contributed by atoms with Gasteiger partial charge in [-0.25, -0.2) is 4.39 Å². The van der Waals surface area contributed by atoms with Gasteiger partial charge in [-0.3, -0.25) is 10.1 Å². The average molecular weight is 277 g/mol. The molecular weight excluding hydrogens is 265 g/mol. The zero-order valence-electron chi connectivity index (χ0n) is 10.7. The maximum absolute atomic E-state index is 13.6. The lowest BCUT2D eigenvalue weighted by Gasteiger charge is -2.08. The van der Waals surface area contributed by atoms with E-state index in [1.807, 2.05) is 6.07 Å². The number of benzene rings is 2. The number of non-ortho nitro benzene ring substituents is 1. The molecule has 0 aliphatic heterocycles. The lowest BCUT2D eigenvalue weighted by molar-refractivity contribution is -0.385. The highest BCUT2D eigenvalue weighted by Gasteiger charge is 2.11. The standard InChI is InChI=1S/C14H12FNO4/c1-19-12-4-2-3-10(7-12)9-20-14-6-5-11(16(17)18)8-13(14)15/h2-8H,9H2,1H3. The van der Waals surface area contributed by atoms with Gasteiger partial charge >= 0.3 is 0 Å². The van der Waals surface area contributed by atoms with Crippen LogP contribution in [0.3, 0.4) is 0 Å². The third-order valence-corrected chi connectivity index (χ3v) is 2.65. The summed E-state index contributed by atoms with van der Waals surface area (Å²) in [6, 6.07) is 10.4. The third-order valence-electron chi connectivity index (χ3n) is 2.65. The molecule has 5 nitrogen and oxygen atoms in total. The Hall–Kier alpha value is -2.63. The van der Waals surface area contributed by atoms with E-state index in [-0.39, 0.29) is 18.0 Å². The first-order chi connectivity index (χ1) is 9.60. The van der Waals surface area contributed by atoms with Gasteiger partial charge < -0.3 is 9.47 Å². The molecule has 0 unspecified atom stereocenters. The van der Waals surface area contributed by atoms with Crippen LogP contribution in [0.2, 0.25) is 0 Å². The van der Waals surface area contributed by atoms with Crippen LogP contribution in [0.15, 0.2) is 42.5 Å². The number of halogens is 1. The monoisotopic (exact) mass is 277 g/mol. The largest absolute Gasteiger partial charge is 0.497 e. The maximum Gasteiger partial charge on any atom is 0.272 e. The molecule has 2 rings (SSSR count). The molecule has 0 heterocycles. The topological polar surface area (TPSA) is 61.6 Å². The number of nitrogens with zero attached hydrogens (tertiary/aromatic N) is 1. The van der Waals surface area contributed by atoms with Gasteiger partial charge in [-0.15, -0.1) is 0 Å². The van der Waals surface area contributed by atoms with E-state index in [0.717, 1.165) is 11.6 Å². The van der Waals surface area contributed by atoms with Gasteiger partial charge in [-0.1, -0.05) is 12.1 Å². The molecule has 0 radical (unpaired) electrons. The van der Waals surface area contributed by atoms with Crippen LogP contribution in [-0.2, 0) is 6.61 Å². The van der Waals surface area contributed by atoms with Crippen molar-refractivity contribution < 1.29 is 18.8 Å². The second-order valence-corrected chi connectivity index (χ2v) is 4.01. The van der Waals surface area contributed by atoms with Crippen molar-refractivity contribution in [2.24, 2.45) is 0 Å². The Kier molecular flexibility index (Phi) is 4.14. The molecule has 0 fully saturated rings. The van der Waals surface area contributed by atoms with Crippen LogP contribution < -0.4 is 9.47 Å². The number of hydrogen-bond donors (Lipinski definition) is 0. The highest BCUT2D eigenvalue weighted by molar-refractivity contribution is 5.38. The summed E-state index contributed by atoms with van der Waals surface area (Å²) in [7, 11) is 1.55. The van der Waals surface area contributed by atoms with Gasteiger partial charge in [0.25, 0.3) is 5.69 Å². The highest BCUT2D eigenvalue weighted by Crippen LogP contribution is 2.23. The molecule has 0 aliphatic rings. The van der Waals surface area contributed by atoms with E-state index in [4.69, 9.17) is 9.47 Å². The van der Waals surface area contributed by atoms with Crippen molar-refractivity contribution in [2.45, 2.75) is 6.61 Å². The molecule has 0 N–H and O–H groups in total. The van der Waals surface area contributed by atoms with Crippen LogP contribution >= 0.6 is 0 Å². The van der Waals surface area contributed by atoms with Crippen LogP contribution in [0, 0.1) is 15.9 Å². The lowest BCUT2D eigenvalue weighted by Crippen LogP contribution is -1.98. The summed E-state index contributed by atoms with van der Waals surface area (Å²) < 4.78 is 24.0. The first kappa shape index (κ1) is 13.8. The van der Waals surface area contributed by atoms with E-state index in [9.17, 15) is 14.5 Å². The first-order valence-corrected chi connectivity index (χ1v) is 5.80. The molecule has 20 heavy (non-hydrogen) atoms. The fourth-order valence-electron chi connectivity index (χ4n) is 1.64. The van der Waals surface area contributed by atoms with E-state index < -0.39 is 10.7 Å². The van der Waals surface area contributed by atoms with Gasteiger partial charge in [0.2, 0.25) is 0 Å². The van der Waals surface area contributed by atoms with Gasteiger partial charge in [0, 0.05) is 6.07 Å². The van der Waals surface area contributed by atoms with Crippen molar-refractivity contribution >= 4 is 5.69 Å². The van der Waals surface area contributed by atoms with Crippen LogP contribution in [0.25, 0.3) is 0 Å². The second-order valence-electron chi connectivity index (χ2n) is 4.01. The normalized spacial score (nSPS) is 10.1. The summed E-state index contributed by atoms with van der Waals surface area (Å²) in [5, 5.41) is 10.5. The maximum atomic E-state index is 13.6. The van der Waals surface area contributed by atoms with Gasteiger partial charge in [0.15, 0.2) is 11.6 Å². The summed E-state index contributed by atoms with van der Waals surface area (Å²) >= 11 is 0. The van der Waals surface area contributed by atoms with Crippen LogP contribution in [-0.4, -0.2) is 12.0 Å². The Morgan fingerprint density at radius 1 is 1.25 bits per heavy atom. The number of nitro benzene ring substituents is 1. The number of nitro groups is 1. The third kappa shape index (κ3) is 3.23. The molecule has 0 saturated heterocycles.